The lowest BCUT2D eigenvalue weighted by molar-refractivity contribution is -0.134. The van der Waals surface area contributed by atoms with Crippen LogP contribution in [0.2, 0.25) is 10.0 Å². The lowest BCUT2D eigenvalue weighted by Crippen LogP contribution is -2.40. The van der Waals surface area contributed by atoms with Crippen LogP contribution in [0, 0.1) is 5.41 Å². The van der Waals surface area contributed by atoms with Gasteiger partial charge in [0.05, 0.1) is 10.7 Å². The van der Waals surface area contributed by atoms with E-state index in [1.165, 1.54) is 18.4 Å². The normalized spacial score (nSPS) is 18.2. The molecule has 0 atom stereocenters. The van der Waals surface area contributed by atoms with Crippen molar-refractivity contribution in [3.05, 3.63) is 39.9 Å². The first-order valence-electron chi connectivity index (χ1n) is 8.74. The Morgan fingerprint density at radius 1 is 1.12 bits per heavy atom. The molecule has 1 aromatic rings. The Bertz CT molecular complexity index is 711. The average Bonchev–Trinajstić information content (AvgIpc) is 3.40. The van der Waals surface area contributed by atoms with Crippen molar-refractivity contribution in [1.29, 1.82) is 0 Å². The summed E-state index contributed by atoms with van der Waals surface area (Å²) in [4.78, 5) is 25.1. The Kier molecular flexibility index (Phi) is 5.70. The molecule has 0 aromatic heterocycles. The minimum atomic E-state index is -0.954. The van der Waals surface area contributed by atoms with E-state index in [4.69, 9.17) is 23.2 Å². The highest BCUT2D eigenvalue weighted by Crippen LogP contribution is 2.47. The van der Waals surface area contributed by atoms with Gasteiger partial charge in [0.1, 0.15) is 5.41 Å². The number of allylic oxidation sites excluding steroid dienone is 1. The number of nitrogens with one attached hydrogen (secondary N) is 2. The van der Waals surface area contributed by atoms with Crippen molar-refractivity contribution in [3.63, 3.8) is 0 Å². The zero-order chi connectivity index (χ0) is 17.9. The van der Waals surface area contributed by atoms with Crippen molar-refractivity contribution in [1.82, 2.24) is 5.32 Å². The molecular weight excluding hydrogens is 359 g/mol. The molecule has 0 bridgehead atoms. The molecule has 0 radical (unpaired) electrons. The van der Waals surface area contributed by atoms with Crippen molar-refractivity contribution in [2.24, 2.45) is 5.41 Å². The molecule has 2 amide bonds. The summed E-state index contributed by atoms with van der Waals surface area (Å²) >= 11 is 11.9. The predicted molar refractivity (Wildman–Crippen MR) is 101 cm³/mol. The lowest BCUT2D eigenvalue weighted by atomic mass is 9.97. The third-order valence-electron chi connectivity index (χ3n) is 4.92. The first-order valence-corrected chi connectivity index (χ1v) is 9.49. The lowest BCUT2D eigenvalue weighted by Gasteiger charge is -2.17. The molecule has 1 saturated carbocycles. The first-order chi connectivity index (χ1) is 12.0. The molecular formula is C19H22Cl2N2O2. The van der Waals surface area contributed by atoms with Crippen LogP contribution in [0.1, 0.15) is 44.9 Å². The SMILES string of the molecule is O=C(NCCC1=CCCCC1)C1(C(=O)Nc2ccc(Cl)cc2Cl)CC1. The van der Waals surface area contributed by atoms with Crippen LogP contribution >= 0.6 is 23.2 Å². The highest BCUT2D eigenvalue weighted by molar-refractivity contribution is 6.36. The van der Waals surface area contributed by atoms with Gasteiger partial charge in [0.2, 0.25) is 11.8 Å². The number of hydrogen-bond donors (Lipinski definition) is 2. The van der Waals surface area contributed by atoms with Gasteiger partial charge in [-0.25, -0.2) is 0 Å². The van der Waals surface area contributed by atoms with Gasteiger partial charge >= 0.3 is 0 Å². The number of carbonyl (C=O) groups excluding carboxylic acids is 2. The fourth-order valence-electron chi connectivity index (χ4n) is 3.15. The van der Waals surface area contributed by atoms with Gasteiger partial charge in [0.25, 0.3) is 0 Å². The zero-order valence-corrected chi connectivity index (χ0v) is 15.6. The van der Waals surface area contributed by atoms with Crippen LogP contribution in [0.4, 0.5) is 5.69 Å². The molecule has 2 aliphatic carbocycles. The largest absolute Gasteiger partial charge is 0.355 e. The van der Waals surface area contributed by atoms with Gasteiger partial charge in [-0.3, -0.25) is 9.59 Å². The number of rotatable bonds is 6. The summed E-state index contributed by atoms with van der Waals surface area (Å²) in [5.41, 5.74) is 0.931. The molecule has 2 aliphatic rings. The van der Waals surface area contributed by atoms with Gasteiger partial charge in [-0.2, -0.15) is 0 Å². The van der Waals surface area contributed by atoms with Crippen LogP contribution in [0.5, 0.6) is 0 Å². The fourth-order valence-corrected chi connectivity index (χ4v) is 3.61. The van der Waals surface area contributed by atoms with Crippen molar-refractivity contribution in [3.8, 4) is 0 Å². The molecule has 0 aliphatic heterocycles. The van der Waals surface area contributed by atoms with Crippen molar-refractivity contribution in [2.45, 2.75) is 44.9 Å². The minimum absolute atomic E-state index is 0.188. The summed E-state index contributed by atoms with van der Waals surface area (Å²) in [5, 5.41) is 6.55. The number of halogens is 2. The maximum absolute atomic E-state index is 12.6. The van der Waals surface area contributed by atoms with Crippen LogP contribution in [-0.4, -0.2) is 18.4 Å². The van der Waals surface area contributed by atoms with Gasteiger partial charge < -0.3 is 10.6 Å². The predicted octanol–water partition coefficient (Wildman–Crippen LogP) is 4.72. The maximum atomic E-state index is 12.6. The molecule has 1 aromatic carbocycles. The number of carbonyl (C=O) groups is 2. The van der Waals surface area contributed by atoms with Crippen molar-refractivity contribution >= 4 is 40.7 Å². The molecule has 0 spiro atoms. The second-order valence-corrected chi connectivity index (χ2v) is 7.62. The molecule has 1 fully saturated rings. The van der Waals surface area contributed by atoms with Crippen molar-refractivity contribution in [2.75, 3.05) is 11.9 Å². The molecule has 0 unspecified atom stereocenters. The third kappa shape index (κ3) is 4.36. The second kappa shape index (κ2) is 7.79. The summed E-state index contributed by atoms with van der Waals surface area (Å²) in [7, 11) is 0. The van der Waals surface area contributed by atoms with E-state index >= 15 is 0 Å². The molecule has 0 heterocycles. The first kappa shape index (κ1) is 18.3. The van der Waals surface area contributed by atoms with Gasteiger partial charge in [-0.1, -0.05) is 34.9 Å². The molecule has 2 N–H and O–H groups in total. The topological polar surface area (TPSA) is 58.2 Å². The van der Waals surface area contributed by atoms with Gasteiger partial charge in [0, 0.05) is 11.6 Å². The van der Waals surface area contributed by atoms with Crippen LogP contribution < -0.4 is 10.6 Å². The third-order valence-corrected chi connectivity index (χ3v) is 5.46. The van der Waals surface area contributed by atoms with Crippen LogP contribution in [-0.2, 0) is 9.59 Å². The molecule has 3 rings (SSSR count). The second-order valence-electron chi connectivity index (χ2n) is 6.77. The highest BCUT2D eigenvalue weighted by Gasteiger charge is 2.56. The van der Waals surface area contributed by atoms with Crippen LogP contribution in [0.25, 0.3) is 0 Å². The van der Waals surface area contributed by atoms with Crippen molar-refractivity contribution < 1.29 is 9.59 Å². The Labute approximate surface area is 158 Å². The zero-order valence-electron chi connectivity index (χ0n) is 14.0. The van der Waals surface area contributed by atoms with Gasteiger partial charge in [-0.15, -0.1) is 0 Å². The quantitative estimate of drug-likeness (QED) is 0.553. The Balaban J connectivity index is 1.54. The van der Waals surface area contributed by atoms with E-state index in [-0.39, 0.29) is 11.8 Å². The summed E-state index contributed by atoms with van der Waals surface area (Å²) in [6, 6.07) is 4.86. The van der Waals surface area contributed by atoms with E-state index in [0.717, 1.165) is 19.3 Å². The molecule has 4 nitrogen and oxygen atoms in total. The van der Waals surface area contributed by atoms with Gasteiger partial charge in [0.15, 0.2) is 0 Å². The maximum Gasteiger partial charge on any atom is 0.240 e. The summed E-state index contributed by atoms with van der Waals surface area (Å²) < 4.78 is 0. The van der Waals surface area contributed by atoms with Crippen LogP contribution in [0.15, 0.2) is 29.8 Å². The number of hydrogen-bond acceptors (Lipinski definition) is 2. The van der Waals surface area contributed by atoms with E-state index in [2.05, 4.69) is 16.7 Å². The van der Waals surface area contributed by atoms with E-state index in [1.807, 2.05) is 0 Å². The molecule has 134 valence electrons. The Morgan fingerprint density at radius 2 is 1.92 bits per heavy atom. The van der Waals surface area contributed by atoms with E-state index in [1.54, 1.807) is 18.2 Å². The van der Waals surface area contributed by atoms with Crippen LogP contribution in [0.3, 0.4) is 0 Å². The Hall–Kier alpha value is -1.52. The highest BCUT2D eigenvalue weighted by atomic mass is 35.5. The standard InChI is InChI=1S/C19H22Cl2N2O2/c20-14-6-7-16(15(21)12-14)23-18(25)19(9-10-19)17(24)22-11-8-13-4-2-1-3-5-13/h4,6-7,12H,1-3,5,8-11H2,(H,22,24)(H,23,25). The molecule has 0 saturated heterocycles. The summed E-state index contributed by atoms with van der Waals surface area (Å²) in [5.74, 6) is -0.488. The smallest absolute Gasteiger partial charge is 0.240 e. The monoisotopic (exact) mass is 380 g/mol. The van der Waals surface area contributed by atoms with E-state index in [0.29, 0.717) is 35.1 Å². The number of anilines is 1. The van der Waals surface area contributed by atoms with E-state index in [9.17, 15) is 9.59 Å². The van der Waals surface area contributed by atoms with Gasteiger partial charge in [-0.05, 0) is 63.1 Å². The number of amides is 2. The molecule has 25 heavy (non-hydrogen) atoms. The Morgan fingerprint density at radius 3 is 2.56 bits per heavy atom. The summed E-state index contributed by atoms with van der Waals surface area (Å²) in [6.07, 6.45) is 9.02. The number of benzene rings is 1. The minimum Gasteiger partial charge on any atom is -0.355 e. The fraction of sp³-hybridized carbons (Fsp3) is 0.474. The average molecular weight is 381 g/mol. The molecule has 6 heteroatoms. The summed E-state index contributed by atoms with van der Waals surface area (Å²) in [6.45, 7) is 0.585. The van der Waals surface area contributed by atoms with E-state index < -0.39 is 5.41 Å².